The van der Waals surface area contributed by atoms with Gasteiger partial charge in [0.25, 0.3) is 5.92 Å². The van der Waals surface area contributed by atoms with Gasteiger partial charge in [-0.3, -0.25) is 0 Å². The summed E-state index contributed by atoms with van der Waals surface area (Å²) in [7, 11) is 0. The van der Waals surface area contributed by atoms with Crippen molar-refractivity contribution < 1.29 is 23.4 Å². The summed E-state index contributed by atoms with van der Waals surface area (Å²) in [5.74, 6) is -3.72. The van der Waals surface area contributed by atoms with Crippen molar-refractivity contribution in [1.82, 2.24) is 0 Å². The monoisotopic (exact) mass is 296 g/mol. The second kappa shape index (κ2) is 6.80. The van der Waals surface area contributed by atoms with E-state index in [1.807, 2.05) is 0 Å². The molecule has 5 heteroatoms. The number of alkyl halides is 2. The minimum Gasteiger partial charge on any atom is -0.478 e. The number of allylic oxidation sites excluding steroid dienone is 2. The number of hydrogen-bond donors (Lipinski definition) is 1. The summed E-state index contributed by atoms with van der Waals surface area (Å²) in [5.41, 5.74) is 1.05. The summed E-state index contributed by atoms with van der Waals surface area (Å²) in [6, 6.07) is 6.38. The van der Waals surface area contributed by atoms with Crippen molar-refractivity contribution in [1.29, 1.82) is 0 Å². The van der Waals surface area contributed by atoms with Crippen molar-refractivity contribution in [3.8, 4) is 0 Å². The third-order valence-electron chi connectivity index (χ3n) is 3.50. The van der Waals surface area contributed by atoms with Crippen molar-refractivity contribution in [2.24, 2.45) is 0 Å². The van der Waals surface area contributed by atoms with Crippen molar-refractivity contribution in [2.45, 2.75) is 44.3 Å². The van der Waals surface area contributed by atoms with Gasteiger partial charge in [-0.25, -0.2) is 13.6 Å². The SMILES string of the molecule is O=C(O)c1ccc(COC2CC/C=C\C(F)(F)CC2)cc1. The van der Waals surface area contributed by atoms with Gasteiger partial charge in [-0.2, -0.15) is 0 Å². The van der Waals surface area contributed by atoms with E-state index in [0.29, 0.717) is 19.4 Å². The Labute approximate surface area is 122 Å². The summed E-state index contributed by atoms with van der Waals surface area (Å²) in [5, 5.41) is 8.81. The van der Waals surface area contributed by atoms with E-state index in [2.05, 4.69) is 0 Å². The predicted octanol–water partition coefficient (Wildman–Crippen LogP) is 4.04. The molecule has 0 aromatic heterocycles. The molecule has 1 aromatic carbocycles. The van der Waals surface area contributed by atoms with Crippen LogP contribution in [0.25, 0.3) is 0 Å². The van der Waals surface area contributed by atoms with Crippen molar-refractivity contribution in [2.75, 3.05) is 0 Å². The highest BCUT2D eigenvalue weighted by molar-refractivity contribution is 5.87. The van der Waals surface area contributed by atoms with E-state index in [9.17, 15) is 13.6 Å². The molecule has 3 nitrogen and oxygen atoms in total. The predicted molar refractivity (Wildman–Crippen MR) is 74.5 cm³/mol. The van der Waals surface area contributed by atoms with Gasteiger partial charge >= 0.3 is 5.97 Å². The van der Waals surface area contributed by atoms with Gasteiger partial charge in [0.05, 0.1) is 18.3 Å². The molecule has 0 aliphatic heterocycles. The minimum atomic E-state index is -2.74. The number of hydrogen-bond acceptors (Lipinski definition) is 2. The highest BCUT2D eigenvalue weighted by Gasteiger charge is 2.27. The van der Waals surface area contributed by atoms with Gasteiger partial charge in [0.15, 0.2) is 0 Å². The number of carboxylic acid groups (broad SMARTS) is 1. The third-order valence-corrected chi connectivity index (χ3v) is 3.50. The molecule has 0 heterocycles. The second-order valence-electron chi connectivity index (χ2n) is 5.21. The fraction of sp³-hybridized carbons (Fsp3) is 0.438. The molecular weight excluding hydrogens is 278 g/mol. The Morgan fingerprint density at radius 3 is 2.67 bits per heavy atom. The maximum atomic E-state index is 13.3. The highest BCUT2D eigenvalue weighted by atomic mass is 19.3. The molecular formula is C16H18F2O3. The minimum absolute atomic E-state index is 0.194. The van der Waals surface area contributed by atoms with Crippen LogP contribution in [0, 0.1) is 0 Å². The summed E-state index contributed by atoms with van der Waals surface area (Å²) in [6.07, 6.45) is 3.72. The number of halogens is 2. The number of benzene rings is 1. The fourth-order valence-electron chi connectivity index (χ4n) is 2.24. The van der Waals surface area contributed by atoms with Gasteiger partial charge in [-0.15, -0.1) is 0 Å². The molecule has 0 saturated heterocycles. The van der Waals surface area contributed by atoms with E-state index >= 15 is 0 Å². The van der Waals surface area contributed by atoms with Crippen LogP contribution in [0.4, 0.5) is 8.78 Å². The standard InChI is InChI=1S/C16H18F2O3/c17-16(18)9-2-1-3-14(8-10-16)21-11-12-4-6-13(7-5-12)15(19)20/h2,4-7,9,14H,1,3,8,10-11H2,(H,19,20)/b9-2-. The summed E-state index contributed by atoms with van der Waals surface area (Å²) >= 11 is 0. The number of aromatic carboxylic acids is 1. The molecule has 0 bridgehead atoms. The molecule has 21 heavy (non-hydrogen) atoms. The Balaban J connectivity index is 1.87. The van der Waals surface area contributed by atoms with E-state index in [-0.39, 0.29) is 18.1 Å². The largest absolute Gasteiger partial charge is 0.478 e. The molecule has 1 aromatic rings. The first-order valence-corrected chi connectivity index (χ1v) is 6.96. The molecule has 1 aliphatic rings. The zero-order chi connectivity index (χ0) is 15.3. The third kappa shape index (κ3) is 4.93. The molecule has 1 N–H and O–H groups in total. The zero-order valence-electron chi connectivity index (χ0n) is 11.6. The Bertz CT molecular complexity index is 509. The van der Waals surface area contributed by atoms with Crippen LogP contribution in [-0.4, -0.2) is 23.1 Å². The average Bonchev–Trinajstić information content (AvgIpc) is 2.44. The van der Waals surface area contributed by atoms with E-state index in [4.69, 9.17) is 9.84 Å². The lowest BCUT2D eigenvalue weighted by atomic mass is 10.0. The van der Waals surface area contributed by atoms with Crippen molar-refractivity contribution in [3.63, 3.8) is 0 Å². The Kier molecular flexibility index (Phi) is 5.07. The van der Waals surface area contributed by atoms with Crippen LogP contribution >= 0.6 is 0 Å². The summed E-state index contributed by atoms with van der Waals surface area (Å²) in [4.78, 5) is 10.7. The molecule has 0 spiro atoms. The van der Waals surface area contributed by atoms with Crippen molar-refractivity contribution >= 4 is 5.97 Å². The number of ether oxygens (including phenoxy) is 1. The maximum absolute atomic E-state index is 13.3. The van der Waals surface area contributed by atoms with Crippen LogP contribution in [0.2, 0.25) is 0 Å². The zero-order valence-corrected chi connectivity index (χ0v) is 11.6. The van der Waals surface area contributed by atoms with Gasteiger partial charge in [0.2, 0.25) is 0 Å². The Morgan fingerprint density at radius 1 is 1.29 bits per heavy atom. The van der Waals surface area contributed by atoms with Crippen LogP contribution < -0.4 is 0 Å². The lowest BCUT2D eigenvalue weighted by molar-refractivity contribution is -0.0107. The molecule has 2 rings (SSSR count). The van der Waals surface area contributed by atoms with Crippen LogP contribution in [0.1, 0.15) is 41.6 Å². The van der Waals surface area contributed by atoms with E-state index < -0.39 is 11.9 Å². The van der Waals surface area contributed by atoms with Crippen molar-refractivity contribution in [3.05, 3.63) is 47.5 Å². The topological polar surface area (TPSA) is 46.5 Å². The highest BCUT2D eigenvalue weighted by Crippen LogP contribution is 2.27. The molecule has 0 saturated carbocycles. The van der Waals surface area contributed by atoms with Gasteiger partial charge in [-0.1, -0.05) is 18.2 Å². The Morgan fingerprint density at radius 2 is 2.00 bits per heavy atom. The first kappa shape index (κ1) is 15.6. The molecule has 1 unspecified atom stereocenters. The number of rotatable bonds is 4. The summed E-state index contributed by atoms with van der Waals surface area (Å²) in [6.45, 7) is 0.305. The smallest absolute Gasteiger partial charge is 0.335 e. The van der Waals surface area contributed by atoms with Gasteiger partial charge in [0.1, 0.15) is 0 Å². The quantitative estimate of drug-likeness (QED) is 0.853. The van der Waals surface area contributed by atoms with Crippen LogP contribution in [0.15, 0.2) is 36.4 Å². The van der Waals surface area contributed by atoms with Gasteiger partial charge in [-0.05, 0) is 43.0 Å². The van der Waals surface area contributed by atoms with Crippen LogP contribution in [0.3, 0.4) is 0 Å². The van der Waals surface area contributed by atoms with E-state index in [1.54, 1.807) is 12.1 Å². The molecule has 114 valence electrons. The van der Waals surface area contributed by atoms with E-state index in [1.165, 1.54) is 18.2 Å². The molecule has 1 atom stereocenters. The van der Waals surface area contributed by atoms with Gasteiger partial charge < -0.3 is 9.84 Å². The molecule has 0 radical (unpaired) electrons. The Hall–Kier alpha value is -1.75. The normalized spacial score (nSPS) is 23.0. The molecule has 0 fully saturated rings. The fourth-order valence-corrected chi connectivity index (χ4v) is 2.24. The van der Waals surface area contributed by atoms with Crippen LogP contribution in [0.5, 0.6) is 0 Å². The van der Waals surface area contributed by atoms with Crippen LogP contribution in [-0.2, 0) is 11.3 Å². The molecule has 1 aliphatic carbocycles. The lowest BCUT2D eigenvalue weighted by Gasteiger charge is -2.22. The number of carbonyl (C=O) groups is 1. The maximum Gasteiger partial charge on any atom is 0.335 e. The summed E-state index contributed by atoms with van der Waals surface area (Å²) < 4.78 is 32.3. The molecule has 0 amide bonds. The van der Waals surface area contributed by atoms with Gasteiger partial charge in [0, 0.05) is 6.42 Å². The second-order valence-corrected chi connectivity index (χ2v) is 5.21. The average molecular weight is 296 g/mol. The van der Waals surface area contributed by atoms with E-state index in [0.717, 1.165) is 18.1 Å². The first-order chi connectivity index (χ1) is 9.96. The lowest BCUT2D eigenvalue weighted by Crippen LogP contribution is -2.21. The number of carboxylic acids is 1. The first-order valence-electron chi connectivity index (χ1n) is 6.96.